The minimum atomic E-state index is -1.68. The molecule has 2 aromatic rings. The van der Waals surface area contributed by atoms with E-state index in [1.54, 1.807) is 13.1 Å². The van der Waals surface area contributed by atoms with Crippen molar-refractivity contribution in [1.29, 1.82) is 0 Å². The van der Waals surface area contributed by atoms with E-state index in [0.717, 1.165) is 36.8 Å². The van der Waals surface area contributed by atoms with Crippen molar-refractivity contribution in [1.82, 2.24) is 20.4 Å². The van der Waals surface area contributed by atoms with Crippen LogP contribution < -0.4 is 10.6 Å². The third-order valence-corrected chi connectivity index (χ3v) is 4.92. The van der Waals surface area contributed by atoms with Gasteiger partial charge in [-0.1, -0.05) is 0 Å². The van der Waals surface area contributed by atoms with Crippen LogP contribution in [-0.2, 0) is 14.3 Å². The van der Waals surface area contributed by atoms with Gasteiger partial charge < -0.3 is 19.7 Å². The highest BCUT2D eigenvalue weighted by molar-refractivity contribution is 6.02. The quantitative estimate of drug-likeness (QED) is 0.669. The summed E-state index contributed by atoms with van der Waals surface area (Å²) in [5.41, 5.74) is 1.56. The average Bonchev–Trinajstić information content (AvgIpc) is 3.22. The van der Waals surface area contributed by atoms with Crippen LogP contribution in [0, 0.1) is 0 Å². The van der Waals surface area contributed by atoms with Gasteiger partial charge in [-0.25, -0.2) is 4.79 Å². The van der Waals surface area contributed by atoms with Crippen LogP contribution in [0.4, 0.5) is 5.69 Å². The second-order valence-electron chi connectivity index (χ2n) is 6.92. The van der Waals surface area contributed by atoms with Gasteiger partial charge >= 0.3 is 11.8 Å². The molecule has 1 aromatic carbocycles. The number of carbonyl (C=O) groups excluding carboxylic acids is 1. The van der Waals surface area contributed by atoms with Crippen molar-refractivity contribution >= 4 is 34.5 Å². The molecule has 0 saturated carbocycles. The molecule has 10 heteroatoms. The first kappa shape index (κ1) is 19.0. The summed E-state index contributed by atoms with van der Waals surface area (Å²) in [4.78, 5) is 24.2. The van der Waals surface area contributed by atoms with Gasteiger partial charge in [0.25, 0.3) is 6.02 Å². The summed E-state index contributed by atoms with van der Waals surface area (Å²) >= 11 is 0. The van der Waals surface area contributed by atoms with E-state index < -0.39 is 11.8 Å². The van der Waals surface area contributed by atoms with Crippen LogP contribution in [0.5, 0.6) is 0 Å². The van der Waals surface area contributed by atoms with Crippen molar-refractivity contribution in [2.75, 3.05) is 32.1 Å². The van der Waals surface area contributed by atoms with Gasteiger partial charge in [-0.05, 0) is 44.4 Å². The minimum absolute atomic E-state index is 0.200. The molecule has 0 amide bonds. The van der Waals surface area contributed by atoms with Crippen molar-refractivity contribution in [3.63, 3.8) is 0 Å². The fourth-order valence-electron chi connectivity index (χ4n) is 3.48. The normalized spacial score (nSPS) is 21.8. The minimum Gasteiger partial charge on any atom is -0.468 e. The highest BCUT2D eigenvalue weighted by Gasteiger charge is 2.45. The van der Waals surface area contributed by atoms with E-state index in [1.807, 2.05) is 18.2 Å². The summed E-state index contributed by atoms with van der Waals surface area (Å²) < 4.78 is 10.7. The molecular weight excluding hydrogens is 374 g/mol. The maximum atomic E-state index is 13.0. The van der Waals surface area contributed by atoms with Gasteiger partial charge in [0.05, 0.1) is 25.4 Å². The number of esters is 1. The van der Waals surface area contributed by atoms with Gasteiger partial charge in [-0.15, -0.1) is 0 Å². The average molecular weight is 399 g/mol. The van der Waals surface area contributed by atoms with Crippen LogP contribution in [0.2, 0.25) is 0 Å². The number of methoxy groups -OCH3 is 1. The molecular formula is C19H25N7O3. The fourth-order valence-corrected chi connectivity index (χ4v) is 3.48. The second-order valence-corrected chi connectivity index (χ2v) is 6.92. The number of amidine groups is 1. The molecule has 0 bridgehead atoms. The Balaban J connectivity index is 1.74. The number of nitrogens with zero attached hydrogens (tertiary/aromatic N) is 4. The Morgan fingerprint density at radius 1 is 1.28 bits per heavy atom. The van der Waals surface area contributed by atoms with E-state index >= 15 is 0 Å². The molecule has 2 aliphatic rings. The van der Waals surface area contributed by atoms with Gasteiger partial charge in [0.1, 0.15) is 0 Å². The summed E-state index contributed by atoms with van der Waals surface area (Å²) in [5.74, 6) is -1.74. The van der Waals surface area contributed by atoms with Crippen molar-refractivity contribution in [2.24, 2.45) is 9.98 Å². The summed E-state index contributed by atoms with van der Waals surface area (Å²) in [6.45, 7) is 3.66. The largest absolute Gasteiger partial charge is 0.468 e. The molecule has 4 rings (SSSR count). The lowest BCUT2D eigenvalue weighted by Gasteiger charge is -2.36. The highest BCUT2D eigenvalue weighted by Crippen LogP contribution is 2.26. The van der Waals surface area contributed by atoms with Crippen LogP contribution >= 0.6 is 0 Å². The summed E-state index contributed by atoms with van der Waals surface area (Å²) in [7, 11) is 1.50. The van der Waals surface area contributed by atoms with E-state index in [1.165, 1.54) is 13.5 Å². The van der Waals surface area contributed by atoms with Gasteiger partial charge in [0, 0.05) is 24.2 Å². The first-order valence-corrected chi connectivity index (χ1v) is 9.78. The number of piperidine rings is 1. The zero-order valence-electron chi connectivity index (χ0n) is 16.6. The predicted molar refractivity (Wildman–Crippen MR) is 110 cm³/mol. The van der Waals surface area contributed by atoms with Crippen LogP contribution in [0.15, 0.2) is 34.4 Å². The lowest BCUT2D eigenvalue weighted by molar-refractivity contribution is -0.148. The third-order valence-electron chi connectivity index (χ3n) is 4.92. The molecule has 1 saturated heterocycles. The first-order chi connectivity index (χ1) is 14.1. The molecule has 1 fully saturated rings. The lowest BCUT2D eigenvalue weighted by atomic mass is 10.1. The number of aromatic amines is 1. The summed E-state index contributed by atoms with van der Waals surface area (Å²) in [5, 5.41) is 14.1. The summed E-state index contributed by atoms with van der Waals surface area (Å²) in [6.07, 6.45) is 5.03. The number of hydrogen-bond acceptors (Lipinski definition) is 9. The molecule has 0 radical (unpaired) electrons. The molecule has 0 aliphatic carbocycles. The van der Waals surface area contributed by atoms with E-state index in [-0.39, 0.29) is 12.6 Å². The lowest BCUT2D eigenvalue weighted by Crippen LogP contribution is -2.56. The number of benzene rings is 1. The Morgan fingerprint density at radius 3 is 2.86 bits per heavy atom. The number of nitrogens with one attached hydrogen (secondary N) is 3. The molecule has 3 heterocycles. The van der Waals surface area contributed by atoms with Crippen LogP contribution in [0.1, 0.15) is 26.2 Å². The third kappa shape index (κ3) is 3.82. The molecule has 1 aromatic heterocycles. The Kier molecular flexibility index (Phi) is 5.24. The molecule has 10 nitrogen and oxygen atoms in total. The van der Waals surface area contributed by atoms with E-state index in [2.05, 4.69) is 35.7 Å². The van der Waals surface area contributed by atoms with Crippen molar-refractivity contribution in [2.45, 2.75) is 32.0 Å². The number of guanidine groups is 1. The van der Waals surface area contributed by atoms with Crippen LogP contribution in [0.3, 0.4) is 0 Å². The van der Waals surface area contributed by atoms with Gasteiger partial charge in [0.15, 0.2) is 0 Å². The topological polar surface area (TPSA) is 116 Å². The number of hydrogen-bond donors (Lipinski definition) is 3. The Labute approximate surface area is 168 Å². The number of H-pyrrole nitrogens is 1. The molecule has 0 spiro atoms. The highest BCUT2D eigenvalue weighted by atomic mass is 16.5. The van der Waals surface area contributed by atoms with Crippen LogP contribution in [0.25, 0.3) is 10.9 Å². The SMILES string of the molecule is CCOC(=O)C1(Nc2ccc3[nH]ncc3c2)N=C(OC)NC(N2CCCCC2)=N1. The number of carbonyl (C=O) groups is 1. The number of ether oxygens (including phenoxy) is 2. The van der Waals surface area contributed by atoms with E-state index in [9.17, 15) is 4.79 Å². The number of aromatic nitrogens is 2. The predicted octanol–water partition coefficient (Wildman–Crippen LogP) is 1.64. The molecule has 1 atom stereocenters. The van der Waals surface area contributed by atoms with Crippen molar-refractivity contribution < 1.29 is 14.3 Å². The number of likely N-dealkylation sites (tertiary alicyclic amines) is 1. The maximum Gasteiger partial charge on any atom is 0.379 e. The van der Waals surface area contributed by atoms with Crippen LogP contribution in [-0.4, -0.2) is 65.6 Å². The standard InChI is InChI=1S/C19H25N7O3/c1-3-29-16(27)19(22-14-7-8-15-13(11-14)12-20-25-15)23-17(21-18(24-19)28-2)26-9-5-4-6-10-26/h7-8,11-12,22H,3-6,9-10H2,1-2H3,(H,20,25)(H,21,23,24). The molecule has 154 valence electrons. The smallest absolute Gasteiger partial charge is 0.379 e. The first-order valence-electron chi connectivity index (χ1n) is 9.78. The fraction of sp³-hybridized carbons (Fsp3) is 0.474. The Hall–Kier alpha value is -3.30. The number of aliphatic imine (C=N–C) groups is 2. The zero-order valence-corrected chi connectivity index (χ0v) is 16.6. The van der Waals surface area contributed by atoms with Gasteiger partial charge in [-0.2, -0.15) is 15.1 Å². The van der Waals surface area contributed by atoms with E-state index in [4.69, 9.17) is 9.47 Å². The molecule has 29 heavy (non-hydrogen) atoms. The number of fused-ring (bicyclic) bond motifs is 1. The molecule has 1 unspecified atom stereocenters. The Bertz CT molecular complexity index is 948. The van der Waals surface area contributed by atoms with Crippen molar-refractivity contribution in [3.05, 3.63) is 24.4 Å². The van der Waals surface area contributed by atoms with Gasteiger partial charge in [-0.3, -0.25) is 10.4 Å². The molecule has 2 aliphatic heterocycles. The van der Waals surface area contributed by atoms with Crippen molar-refractivity contribution in [3.8, 4) is 0 Å². The van der Waals surface area contributed by atoms with E-state index in [0.29, 0.717) is 11.6 Å². The monoisotopic (exact) mass is 399 g/mol. The summed E-state index contributed by atoms with van der Waals surface area (Å²) in [6, 6.07) is 5.79. The maximum absolute atomic E-state index is 13.0. The zero-order chi connectivity index (χ0) is 20.3. The Morgan fingerprint density at radius 2 is 2.10 bits per heavy atom. The number of anilines is 1. The molecule has 3 N–H and O–H groups in total. The number of rotatable bonds is 4. The van der Waals surface area contributed by atoms with Gasteiger partial charge in [0.2, 0.25) is 5.96 Å². The second kappa shape index (κ2) is 7.98.